The molecule has 2 amide bonds. The molecule has 2 aliphatic rings. The molecule has 8 nitrogen and oxygen atoms in total. The lowest BCUT2D eigenvalue weighted by molar-refractivity contribution is -0.146. The lowest BCUT2D eigenvalue weighted by Crippen LogP contribution is -2.57. The monoisotopic (exact) mass is 477 g/mol. The maximum absolute atomic E-state index is 13.1. The van der Waals surface area contributed by atoms with Crippen LogP contribution in [0, 0.1) is 16.7 Å². The van der Waals surface area contributed by atoms with Crippen LogP contribution in [0.5, 0.6) is 0 Å². The van der Waals surface area contributed by atoms with E-state index in [1.54, 1.807) is 18.0 Å². The van der Waals surface area contributed by atoms with E-state index in [0.29, 0.717) is 24.5 Å². The van der Waals surface area contributed by atoms with E-state index in [4.69, 9.17) is 9.72 Å². The average molecular weight is 478 g/mol. The fourth-order valence-corrected chi connectivity index (χ4v) is 6.64. The Morgan fingerprint density at radius 3 is 2.73 bits per heavy atom. The Labute approximate surface area is 199 Å². The van der Waals surface area contributed by atoms with Crippen LogP contribution in [0.2, 0.25) is 0 Å². The van der Waals surface area contributed by atoms with E-state index in [9.17, 15) is 19.8 Å². The molecule has 182 valence electrons. The molecule has 3 rings (SSSR count). The van der Waals surface area contributed by atoms with Crippen molar-refractivity contribution in [2.75, 3.05) is 32.1 Å². The number of rotatable bonds is 8. The van der Waals surface area contributed by atoms with Gasteiger partial charge >= 0.3 is 6.09 Å². The first-order chi connectivity index (χ1) is 15.6. The number of carbonyl (C=O) groups is 2. The number of thiazole rings is 1. The zero-order valence-electron chi connectivity index (χ0n) is 19.7. The second-order valence-electron chi connectivity index (χ2n) is 9.64. The second kappa shape index (κ2) is 9.95. The number of ether oxygens (including phenoxy) is 1. The van der Waals surface area contributed by atoms with Gasteiger partial charge in [0.25, 0.3) is 0 Å². The van der Waals surface area contributed by atoms with Gasteiger partial charge in [-0.3, -0.25) is 10.1 Å². The summed E-state index contributed by atoms with van der Waals surface area (Å²) in [5, 5.41) is 24.2. The number of amides is 2. The van der Waals surface area contributed by atoms with E-state index < -0.39 is 17.6 Å². The van der Waals surface area contributed by atoms with Crippen LogP contribution in [-0.4, -0.2) is 65.0 Å². The Balaban J connectivity index is 2.01. The van der Waals surface area contributed by atoms with Gasteiger partial charge in [-0.05, 0) is 30.6 Å². The number of hydrogen-bond donors (Lipinski definition) is 3. The number of carbonyl (C=O) groups excluding carboxylic acids is 2. The number of aliphatic hydroxyl groups excluding tert-OH is 2. The van der Waals surface area contributed by atoms with Crippen LogP contribution < -0.4 is 5.32 Å². The van der Waals surface area contributed by atoms with Crippen LogP contribution in [0.1, 0.15) is 49.6 Å². The van der Waals surface area contributed by atoms with Crippen LogP contribution >= 0.6 is 11.3 Å². The molecule has 0 radical (unpaired) electrons. The average Bonchev–Trinajstić information content (AvgIpc) is 3.18. The number of nitrogens with one attached hydrogen (secondary N) is 1. The number of hydrogen-bond acceptors (Lipinski definition) is 7. The normalized spacial score (nSPS) is 30.5. The molecular weight excluding hydrogens is 442 g/mol. The summed E-state index contributed by atoms with van der Waals surface area (Å²) in [4.78, 5) is 32.5. The van der Waals surface area contributed by atoms with Crippen molar-refractivity contribution in [3.63, 3.8) is 0 Å². The smallest absolute Gasteiger partial charge is 0.413 e. The van der Waals surface area contributed by atoms with E-state index in [1.165, 1.54) is 17.4 Å². The number of likely N-dealkylation sites (N-methyl/N-ethyl adjacent to an activating group) is 1. The summed E-state index contributed by atoms with van der Waals surface area (Å²) < 4.78 is 5.02. The fraction of sp³-hybridized carbons (Fsp3) is 0.625. The Kier molecular flexibility index (Phi) is 7.65. The summed E-state index contributed by atoms with van der Waals surface area (Å²) in [5.41, 5.74) is -0.224. The standard InChI is InChI=1S/C24H35N3O5S/c1-6-10-27(5)19(30)12-15-20-16(33-21(25-20)26-22(31)32-11-7-2)13-17-23(15,3)9-8-18(29)24(17,4)14-28/h6-7,15,17-18,28-29H,1-2,8-14H2,3-5H3,(H,25,26,31). The minimum absolute atomic E-state index is 0.0162. The van der Waals surface area contributed by atoms with Crippen molar-refractivity contribution in [1.29, 1.82) is 0 Å². The molecule has 2 aliphatic carbocycles. The molecule has 5 unspecified atom stereocenters. The maximum atomic E-state index is 13.1. The summed E-state index contributed by atoms with van der Waals surface area (Å²) in [6.45, 7) is 11.7. The third-order valence-corrected chi connectivity index (χ3v) is 8.65. The van der Waals surface area contributed by atoms with Gasteiger partial charge in [0.15, 0.2) is 5.13 Å². The van der Waals surface area contributed by atoms with Gasteiger partial charge in [0.1, 0.15) is 6.61 Å². The molecule has 1 aromatic rings. The highest BCUT2D eigenvalue weighted by atomic mass is 32.1. The number of anilines is 1. The Morgan fingerprint density at radius 2 is 2.09 bits per heavy atom. The van der Waals surface area contributed by atoms with Gasteiger partial charge in [-0.2, -0.15) is 0 Å². The third-order valence-electron chi connectivity index (χ3n) is 7.64. The highest BCUT2D eigenvalue weighted by Gasteiger charge is 2.59. The maximum Gasteiger partial charge on any atom is 0.413 e. The second-order valence-corrected chi connectivity index (χ2v) is 10.7. The topological polar surface area (TPSA) is 112 Å². The Hall–Kier alpha value is -2.23. The predicted molar refractivity (Wildman–Crippen MR) is 128 cm³/mol. The van der Waals surface area contributed by atoms with E-state index in [0.717, 1.165) is 17.0 Å². The molecular formula is C24H35N3O5S. The van der Waals surface area contributed by atoms with Crippen molar-refractivity contribution < 1.29 is 24.5 Å². The van der Waals surface area contributed by atoms with Crippen LogP contribution in [0.25, 0.3) is 0 Å². The van der Waals surface area contributed by atoms with Crippen molar-refractivity contribution in [2.45, 2.75) is 51.6 Å². The highest BCUT2D eigenvalue weighted by Crippen LogP contribution is 2.62. The van der Waals surface area contributed by atoms with E-state index in [-0.39, 0.29) is 42.8 Å². The molecule has 0 saturated heterocycles. The molecule has 33 heavy (non-hydrogen) atoms. The SMILES string of the molecule is C=CCOC(=O)Nc1nc2c(s1)CC1C(C)(CO)C(O)CCC1(C)C2CC(=O)N(C)CC=C. The van der Waals surface area contributed by atoms with Crippen molar-refractivity contribution in [3.8, 4) is 0 Å². The van der Waals surface area contributed by atoms with Gasteiger partial charge in [-0.15, -0.1) is 17.9 Å². The summed E-state index contributed by atoms with van der Waals surface area (Å²) in [5.74, 6) is -0.271. The molecule has 0 aromatic carbocycles. The molecule has 0 bridgehead atoms. The highest BCUT2D eigenvalue weighted by molar-refractivity contribution is 7.15. The largest absolute Gasteiger partial charge is 0.445 e. The number of aliphatic hydroxyl groups is 2. The van der Waals surface area contributed by atoms with Gasteiger partial charge in [-0.25, -0.2) is 9.78 Å². The summed E-state index contributed by atoms with van der Waals surface area (Å²) >= 11 is 1.36. The minimum atomic E-state index is -0.695. The molecule has 0 spiro atoms. The van der Waals surface area contributed by atoms with E-state index >= 15 is 0 Å². The van der Waals surface area contributed by atoms with Gasteiger partial charge < -0.3 is 19.8 Å². The molecule has 1 heterocycles. The number of fused-ring (bicyclic) bond motifs is 2. The zero-order valence-corrected chi connectivity index (χ0v) is 20.5. The lowest BCUT2D eigenvalue weighted by atomic mass is 9.47. The van der Waals surface area contributed by atoms with Gasteiger partial charge in [0.05, 0.1) is 18.4 Å². The third kappa shape index (κ3) is 4.72. The molecule has 3 N–H and O–H groups in total. The predicted octanol–water partition coefficient (Wildman–Crippen LogP) is 3.33. The quantitative estimate of drug-likeness (QED) is 0.495. The molecule has 1 aromatic heterocycles. The van der Waals surface area contributed by atoms with Crippen LogP contribution in [0.3, 0.4) is 0 Å². The van der Waals surface area contributed by atoms with Crippen molar-refractivity contribution >= 4 is 28.5 Å². The Bertz CT molecular complexity index is 918. The van der Waals surface area contributed by atoms with Gasteiger partial charge in [0.2, 0.25) is 5.91 Å². The lowest BCUT2D eigenvalue weighted by Gasteiger charge is -2.58. The zero-order chi connectivity index (χ0) is 24.4. The Morgan fingerprint density at radius 1 is 1.36 bits per heavy atom. The van der Waals surface area contributed by atoms with Gasteiger partial charge in [0, 0.05) is 36.2 Å². The van der Waals surface area contributed by atoms with E-state index in [1.807, 2.05) is 6.92 Å². The first-order valence-corrected chi connectivity index (χ1v) is 12.1. The minimum Gasteiger partial charge on any atom is -0.445 e. The van der Waals surface area contributed by atoms with Crippen molar-refractivity contribution in [2.24, 2.45) is 16.7 Å². The fourth-order valence-electron chi connectivity index (χ4n) is 5.58. The van der Waals surface area contributed by atoms with Gasteiger partial charge in [-0.1, -0.05) is 32.6 Å². The number of nitrogens with zero attached hydrogens (tertiary/aromatic N) is 2. The molecule has 5 atom stereocenters. The molecule has 0 aliphatic heterocycles. The first kappa shape index (κ1) is 25.4. The summed E-state index contributed by atoms with van der Waals surface area (Å²) in [7, 11) is 1.75. The first-order valence-electron chi connectivity index (χ1n) is 11.3. The van der Waals surface area contributed by atoms with E-state index in [2.05, 4.69) is 25.4 Å². The summed E-state index contributed by atoms with van der Waals surface area (Å²) in [6.07, 6.45) is 4.09. The van der Waals surface area contributed by atoms with Crippen LogP contribution in [-0.2, 0) is 16.0 Å². The molecule has 1 fully saturated rings. The number of aromatic nitrogens is 1. The van der Waals surface area contributed by atoms with Crippen molar-refractivity contribution in [1.82, 2.24) is 9.88 Å². The van der Waals surface area contributed by atoms with Crippen molar-refractivity contribution in [3.05, 3.63) is 35.9 Å². The molecule has 1 saturated carbocycles. The van der Waals surface area contributed by atoms with Crippen LogP contribution in [0.4, 0.5) is 9.93 Å². The molecule has 9 heteroatoms. The van der Waals surface area contributed by atoms with Crippen LogP contribution in [0.15, 0.2) is 25.3 Å². The summed E-state index contributed by atoms with van der Waals surface area (Å²) in [6, 6.07) is 0.